The predicted molar refractivity (Wildman–Crippen MR) is 148 cm³/mol. The van der Waals surface area contributed by atoms with E-state index in [4.69, 9.17) is 4.74 Å². The Bertz CT molecular complexity index is 1190. The van der Waals surface area contributed by atoms with Crippen LogP contribution in [0.1, 0.15) is 97.4 Å². The van der Waals surface area contributed by atoms with Crippen LogP contribution in [-0.4, -0.2) is 51.1 Å². The molecular weight excluding hydrogens is 472 g/mol. The summed E-state index contributed by atoms with van der Waals surface area (Å²) >= 11 is 0. The Balaban J connectivity index is 1.17. The number of likely N-dealkylation sites (tertiary alicyclic amines) is 1. The van der Waals surface area contributed by atoms with Gasteiger partial charge < -0.3 is 9.64 Å². The van der Waals surface area contributed by atoms with Gasteiger partial charge in [0.25, 0.3) is 0 Å². The van der Waals surface area contributed by atoms with Crippen LogP contribution in [0.5, 0.6) is 0 Å². The maximum Gasteiger partial charge on any atom is 0.302 e. The fraction of sp³-hybridized carbons (Fsp3) is 0.781. The molecule has 6 heteroatoms. The average molecular weight is 519 g/mol. The third-order valence-electron chi connectivity index (χ3n) is 12.5. The van der Waals surface area contributed by atoms with E-state index in [0.29, 0.717) is 11.3 Å². The number of ether oxygens (including phenoxy) is 1. The summed E-state index contributed by atoms with van der Waals surface area (Å²) in [5.41, 5.74) is 2.44. The van der Waals surface area contributed by atoms with Crippen LogP contribution in [0.3, 0.4) is 0 Å². The largest absolute Gasteiger partial charge is 0.460 e. The number of nitrogens with zero attached hydrogens (tertiary/aromatic N) is 4. The van der Waals surface area contributed by atoms with Gasteiger partial charge in [-0.25, -0.2) is 4.68 Å². The van der Waals surface area contributed by atoms with E-state index in [1.165, 1.54) is 70.9 Å². The number of esters is 1. The zero-order valence-electron chi connectivity index (χ0n) is 23.6. The van der Waals surface area contributed by atoms with Crippen LogP contribution in [0, 0.1) is 34.5 Å². The van der Waals surface area contributed by atoms with Crippen molar-refractivity contribution in [2.45, 2.75) is 110 Å². The first-order valence-corrected chi connectivity index (χ1v) is 15.6. The number of aromatic nitrogens is 3. The molecule has 206 valence electrons. The van der Waals surface area contributed by atoms with E-state index >= 15 is 0 Å². The van der Waals surface area contributed by atoms with E-state index in [-0.39, 0.29) is 23.5 Å². The van der Waals surface area contributed by atoms with Gasteiger partial charge in [0.2, 0.25) is 0 Å². The Hall–Kier alpha value is -1.95. The summed E-state index contributed by atoms with van der Waals surface area (Å²) in [5.74, 6) is 2.79. The molecular formula is C32H46N4O2. The first-order valence-electron chi connectivity index (χ1n) is 15.6. The highest BCUT2D eigenvalue weighted by Gasteiger charge is 2.64. The third kappa shape index (κ3) is 3.79. The van der Waals surface area contributed by atoms with Crippen molar-refractivity contribution < 1.29 is 9.53 Å². The fourth-order valence-corrected chi connectivity index (χ4v) is 10.6. The molecule has 1 aromatic carbocycles. The van der Waals surface area contributed by atoms with E-state index < -0.39 is 0 Å². The minimum Gasteiger partial charge on any atom is -0.460 e. The van der Waals surface area contributed by atoms with Gasteiger partial charge in [-0.05, 0) is 119 Å². The van der Waals surface area contributed by atoms with Gasteiger partial charge >= 0.3 is 5.97 Å². The van der Waals surface area contributed by atoms with Crippen LogP contribution >= 0.6 is 0 Å². The summed E-state index contributed by atoms with van der Waals surface area (Å²) in [6.07, 6.45) is 14.5. The van der Waals surface area contributed by atoms with Crippen molar-refractivity contribution in [3.05, 3.63) is 24.3 Å². The van der Waals surface area contributed by atoms with Crippen molar-refractivity contribution in [3.8, 4) is 0 Å². The lowest BCUT2D eigenvalue weighted by atomic mass is 9.45. The molecule has 0 amide bonds. The van der Waals surface area contributed by atoms with Gasteiger partial charge in [-0.2, -0.15) is 0 Å². The van der Waals surface area contributed by atoms with Crippen molar-refractivity contribution in [2.75, 3.05) is 13.1 Å². The summed E-state index contributed by atoms with van der Waals surface area (Å²) in [4.78, 5) is 15.3. The molecule has 9 atom stereocenters. The molecule has 1 saturated heterocycles. The maximum absolute atomic E-state index is 12.4. The second-order valence-corrected chi connectivity index (χ2v) is 14.1. The number of benzene rings is 1. The molecule has 0 unspecified atom stereocenters. The number of para-hydroxylation sites is 1. The summed E-state index contributed by atoms with van der Waals surface area (Å²) in [6.45, 7) is 9.34. The minimum absolute atomic E-state index is 0.00123. The average Bonchev–Trinajstić information content (AvgIpc) is 3.47. The molecule has 7 rings (SSSR count). The van der Waals surface area contributed by atoms with E-state index in [9.17, 15) is 4.79 Å². The first-order chi connectivity index (χ1) is 18.4. The minimum atomic E-state index is -0.167. The summed E-state index contributed by atoms with van der Waals surface area (Å²) in [5, 5.41) is 9.11. The predicted octanol–water partition coefficient (Wildman–Crippen LogP) is 6.41. The molecule has 5 aliphatic rings. The van der Waals surface area contributed by atoms with Crippen LogP contribution in [0.25, 0.3) is 11.0 Å². The molecule has 0 N–H and O–H groups in total. The summed E-state index contributed by atoms with van der Waals surface area (Å²) in [6, 6.07) is 9.10. The third-order valence-corrected chi connectivity index (χ3v) is 12.5. The molecule has 4 saturated carbocycles. The second-order valence-electron chi connectivity index (χ2n) is 14.1. The molecule has 1 aliphatic heterocycles. The number of fused-ring (bicyclic) bond motifs is 6. The van der Waals surface area contributed by atoms with Gasteiger partial charge in [-0.15, -0.1) is 5.10 Å². The first kappa shape index (κ1) is 25.0. The zero-order valence-corrected chi connectivity index (χ0v) is 23.6. The van der Waals surface area contributed by atoms with Gasteiger partial charge in [0.1, 0.15) is 11.6 Å². The molecule has 2 heterocycles. The van der Waals surface area contributed by atoms with E-state index in [1.807, 2.05) is 12.1 Å². The van der Waals surface area contributed by atoms with Crippen LogP contribution in [0.2, 0.25) is 0 Å². The van der Waals surface area contributed by atoms with Gasteiger partial charge in [-0.3, -0.25) is 4.79 Å². The van der Waals surface area contributed by atoms with Crippen molar-refractivity contribution >= 4 is 17.0 Å². The normalized spacial score (nSPS) is 43.3. The maximum atomic E-state index is 12.4. The molecule has 1 aromatic heterocycles. The number of carbonyl (C=O) groups excluding carboxylic acids is 1. The topological polar surface area (TPSA) is 60.3 Å². The Kier molecular flexibility index (Phi) is 6.14. The fourth-order valence-electron chi connectivity index (χ4n) is 10.6. The smallest absolute Gasteiger partial charge is 0.302 e. The van der Waals surface area contributed by atoms with Crippen molar-refractivity contribution in [1.82, 2.24) is 19.9 Å². The monoisotopic (exact) mass is 518 g/mol. The van der Waals surface area contributed by atoms with Gasteiger partial charge in [0, 0.05) is 18.4 Å². The highest BCUT2D eigenvalue weighted by molar-refractivity contribution is 5.74. The number of carbonyl (C=O) groups is 1. The highest BCUT2D eigenvalue weighted by atomic mass is 16.5. The van der Waals surface area contributed by atoms with E-state index in [0.717, 1.165) is 47.7 Å². The lowest BCUT2D eigenvalue weighted by Crippen LogP contribution is -2.56. The molecule has 2 aromatic rings. The number of rotatable bonds is 3. The van der Waals surface area contributed by atoms with E-state index in [1.54, 1.807) is 6.92 Å². The van der Waals surface area contributed by atoms with Crippen LogP contribution < -0.4 is 0 Å². The van der Waals surface area contributed by atoms with Gasteiger partial charge in [0.05, 0.1) is 11.6 Å². The quantitative estimate of drug-likeness (QED) is 0.439. The molecule has 0 bridgehead atoms. The van der Waals surface area contributed by atoms with Crippen molar-refractivity contribution in [3.63, 3.8) is 0 Å². The summed E-state index contributed by atoms with van der Waals surface area (Å²) < 4.78 is 8.32. The van der Waals surface area contributed by atoms with Crippen LogP contribution in [0.4, 0.5) is 0 Å². The zero-order chi connectivity index (χ0) is 26.1. The number of hydrogen-bond donors (Lipinski definition) is 0. The number of hydrogen-bond acceptors (Lipinski definition) is 5. The number of piperidine rings is 1. The molecule has 0 spiro atoms. The molecule has 4 aliphatic carbocycles. The lowest BCUT2D eigenvalue weighted by Gasteiger charge is -2.61. The Morgan fingerprint density at radius 1 is 0.947 bits per heavy atom. The van der Waals surface area contributed by atoms with E-state index in [2.05, 4.69) is 45.9 Å². The van der Waals surface area contributed by atoms with Crippen LogP contribution in [0.15, 0.2) is 24.3 Å². The van der Waals surface area contributed by atoms with Crippen LogP contribution in [-0.2, 0) is 9.53 Å². The molecule has 6 nitrogen and oxygen atoms in total. The Labute approximate surface area is 227 Å². The Morgan fingerprint density at radius 2 is 1.74 bits per heavy atom. The van der Waals surface area contributed by atoms with Crippen molar-refractivity contribution in [2.24, 2.45) is 34.5 Å². The highest BCUT2D eigenvalue weighted by Crippen LogP contribution is 2.68. The molecule has 0 radical (unpaired) electrons. The molecule has 38 heavy (non-hydrogen) atoms. The van der Waals surface area contributed by atoms with Gasteiger partial charge in [0.15, 0.2) is 0 Å². The standard InChI is InChI=1S/C32H46N4O2/c1-21(37)38-30-29(36-28-10-6-5-9-27(28)33-34-36)20-26-24-12-11-22-19-23(35-17-7-4-8-18-35)13-15-31(22,2)25(24)14-16-32(26,30)3/h5-6,9-10,22-26,29-30H,4,7-8,11-20H2,1-3H3/t22-,23-,24+,25-,26-,29-,30-,31-,32-/m0/s1. The lowest BCUT2D eigenvalue weighted by molar-refractivity contribution is -0.164. The summed E-state index contributed by atoms with van der Waals surface area (Å²) in [7, 11) is 0. The Morgan fingerprint density at radius 3 is 2.55 bits per heavy atom. The second kappa shape index (κ2) is 9.31. The SMILES string of the molecule is CC(=O)O[C@H]1[C@@H](n2nnc3ccccc32)C[C@H]2[C@@H]3CC[C@H]4C[C@@H](N5CCCCC5)CC[C@]4(C)[C@H]3CC[C@@]21C. The molecule has 5 fully saturated rings. The van der Waals surface area contributed by atoms with Gasteiger partial charge in [-0.1, -0.05) is 37.6 Å². The van der Waals surface area contributed by atoms with Crippen molar-refractivity contribution in [1.29, 1.82) is 0 Å².